The summed E-state index contributed by atoms with van der Waals surface area (Å²) in [4.78, 5) is 28.6. The van der Waals surface area contributed by atoms with Crippen molar-refractivity contribution < 1.29 is 9.59 Å². The summed E-state index contributed by atoms with van der Waals surface area (Å²) in [6, 6.07) is 14.3. The van der Waals surface area contributed by atoms with E-state index in [0.29, 0.717) is 17.0 Å². The van der Waals surface area contributed by atoms with E-state index in [1.54, 1.807) is 24.3 Å². The number of halogens is 1. The highest BCUT2D eigenvalue weighted by Gasteiger charge is 2.29. The van der Waals surface area contributed by atoms with E-state index < -0.39 is 6.04 Å². The second kappa shape index (κ2) is 7.45. The van der Waals surface area contributed by atoms with Crippen LogP contribution in [0.1, 0.15) is 28.8 Å². The first-order valence-electron chi connectivity index (χ1n) is 9.02. The Hall–Kier alpha value is -2.79. The summed E-state index contributed by atoms with van der Waals surface area (Å²) in [7, 11) is 0. The van der Waals surface area contributed by atoms with Crippen LogP contribution in [0, 0.1) is 0 Å². The number of rotatable bonds is 6. The smallest absolute Gasteiger partial charge is 0.253 e. The van der Waals surface area contributed by atoms with Crippen LogP contribution in [-0.2, 0) is 11.2 Å². The van der Waals surface area contributed by atoms with Crippen LogP contribution in [0.2, 0.25) is 5.02 Å². The summed E-state index contributed by atoms with van der Waals surface area (Å²) in [5, 5.41) is 7.26. The number of fused-ring (bicyclic) bond motifs is 1. The maximum Gasteiger partial charge on any atom is 0.253 e. The zero-order valence-electron chi connectivity index (χ0n) is 14.7. The number of para-hydroxylation sites is 1. The lowest BCUT2D eigenvalue weighted by Crippen LogP contribution is -2.48. The lowest BCUT2D eigenvalue weighted by Gasteiger charge is -2.19. The predicted molar refractivity (Wildman–Crippen MR) is 106 cm³/mol. The normalized spacial score (nSPS) is 14.7. The first-order chi connectivity index (χ1) is 13.1. The van der Waals surface area contributed by atoms with Crippen molar-refractivity contribution >= 4 is 34.3 Å². The maximum atomic E-state index is 12.7. The minimum Gasteiger partial charge on any atom is -0.361 e. The summed E-state index contributed by atoms with van der Waals surface area (Å²) >= 11 is 6.13. The van der Waals surface area contributed by atoms with Gasteiger partial charge in [-0.15, -0.1) is 0 Å². The Morgan fingerprint density at radius 1 is 1.11 bits per heavy atom. The molecule has 2 amide bonds. The number of amides is 2. The summed E-state index contributed by atoms with van der Waals surface area (Å²) in [5.74, 6) is -0.514. The molecule has 1 aliphatic rings. The zero-order valence-corrected chi connectivity index (χ0v) is 15.4. The highest BCUT2D eigenvalue weighted by atomic mass is 35.5. The van der Waals surface area contributed by atoms with Crippen LogP contribution in [0.5, 0.6) is 0 Å². The van der Waals surface area contributed by atoms with Crippen molar-refractivity contribution in [3.05, 3.63) is 70.9 Å². The average Bonchev–Trinajstić information content (AvgIpc) is 3.39. The average molecular weight is 382 g/mol. The number of carbonyl (C=O) groups excluding carboxylic acids is 2. The molecule has 1 atom stereocenters. The third kappa shape index (κ3) is 3.98. The molecule has 0 bridgehead atoms. The fourth-order valence-electron chi connectivity index (χ4n) is 3.14. The molecule has 0 saturated heterocycles. The molecule has 1 fully saturated rings. The van der Waals surface area contributed by atoms with Crippen LogP contribution >= 0.6 is 11.6 Å². The number of benzene rings is 2. The zero-order chi connectivity index (χ0) is 18.8. The fourth-order valence-corrected chi connectivity index (χ4v) is 3.36. The van der Waals surface area contributed by atoms with Crippen molar-refractivity contribution in [3.8, 4) is 0 Å². The largest absolute Gasteiger partial charge is 0.361 e. The number of H-pyrrole nitrogens is 1. The molecule has 27 heavy (non-hydrogen) atoms. The Labute approximate surface area is 162 Å². The van der Waals surface area contributed by atoms with E-state index in [2.05, 4.69) is 15.6 Å². The SMILES string of the molecule is O=C(N[C@@H](Cc1c[nH]c2ccccc12)C(=O)NC1CC1)c1ccccc1Cl. The van der Waals surface area contributed by atoms with Crippen molar-refractivity contribution in [1.29, 1.82) is 0 Å². The van der Waals surface area contributed by atoms with Gasteiger partial charge in [0.25, 0.3) is 5.91 Å². The number of aromatic amines is 1. The van der Waals surface area contributed by atoms with Crippen LogP contribution in [0.15, 0.2) is 54.7 Å². The van der Waals surface area contributed by atoms with E-state index in [4.69, 9.17) is 11.6 Å². The number of nitrogens with one attached hydrogen (secondary N) is 3. The number of aromatic nitrogens is 1. The van der Waals surface area contributed by atoms with Crippen molar-refractivity contribution in [2.45, 2.75) is 31.3 Å². The standard InChI is InChI=1S/C21H20ClN3O2/c22-17-7-3-1-6-16(17)20(26)25-19(21(27)24-14-9-10-14)11-13-12-23-18-8-4-2-5-15(13)18/h1-8,12,14,19,23H,9-11H2,(H,24,27)(H,25,26)/t19-/m0/s1. The number of carbonyl (C=O) groups is 2. The lowest BCUT2D eigenvalue weighted by atomic mass is 10.0. The van der Waals surface area contributed by atoms with E-state index in [1.165, 1.54) is 0 Å². The van der Waals surface area contributed by atoms with Crippen molar-refractivity contribution in [2.75, 3.05) is 0 Å². The van der Waals surface area contributed by atoms with Gasteiger partial charge in [-0.1, -0.05) is 41.9 Å². The fraction of sp³-hybridized carbons (Fsp3) is 0.238. The molecule has 0 unspecified atom stereocenters. The van der Waals surface area contributed by atoms with Gasteiger partial charge >= 0.3 is 0 Å². The Bertz CT molecular complexity index is 994. The lowest BCUT2D eigenvalue weighted by molar-refractivity contribution is -0.123. The van der Waals surface area contributed by atoms with E-state index in [9.17, 15) is 9.59 Å². The van der Waals surface area contributed by atoms with Gasteiger partial charge in [0, 0.05) is 29.6 Å². The van der Waals surface area contributed by atoms with Gasteiger partial charge in [0.2, 0.25) is 5.91 Å². The van der Waals surface area contributed by atoms with Gasteiger partial charge in [0.1, 0.15) is 6.04 Å². The number of hydrogen-bond donors (Lipinski definition) is 3. The van der Waals surface area contributed by atoms with Crippen LogP contribution in [0.4, 0.5) is 0 Å². The second-order valence-electron chi connectivity index (χ2n) is 6.85. The molecule has 6 heteroatoms. The highest BCUT2D eigenvalue weighted by Crippen LogP contribution is 2.22. The molecule has 1 aromatic heterocycles. The van der Waals surface area contributed by atoms with Gasteiger partial charge in [0.05, 0.1) is 10.6 Å². The Morgan fingerprint density at radius 3 is 2.63 bits per heavy atom. The molecule has 3 N–H and O–H groups in total. The van der Waals surface area contributed by atoms with E-state index >= 15 is 0 Å². The topological polar surface area (TPSA) is 74.0 Å². The second-order valence-corrected chi connectivity index (χ2v) is 7.26. The molecule has 1 aliphatic carbocycles. The third-order valence-corrected chi connectivity index (χ3v) is 5.09. The molecule has 5 nitrogen and oxygen atoms in total. The summed E-state index contributed by atoms with van der Waals surface area (Å²) < 4.78 is 0. The van der Waals surface area contributed by atoms with Gasteiger partial charge in [0.15, 0.2) is 0 Å². The van der Waals surface area contributed by atoms with E-state index in [1.807, 2.05) is 30.5 Å². The van der Waals surface area contributed by atoms with Gasteiger partial charge in [-0.2, -0.15) is 0 Å². The van der Waals surface area contributed by atoms with Crippen molar-refractivity contribution in [2.24, 2.45) is 0 Å². The van der Waals surface area contributed by atoms with Gasteiger partial charge < -0.3 is 15.6 Å². The monoisotopic (exact) mass is 381 g/mol. The first-order valence-corrected chi connectivity index (χ1v) is 9.40. The van der Waals surface area contributed by atoms with Gasteiger partial charge in [-0.05, 0) is 36.6 Å². The molecule has 0 spiro atoms. The van der Waals surface area contributed by atoms with E-state index in [-0.39, 0.29) is 17.9 Å². The predicted octanol–water partition coefficient (Wildman–Crippen LogP) is 3.44. The third-order valence-electron chi connectivity index (χ3n) is 4.76. The van der Waals surface area contributed by atoms with Crippen molar-refractivity contribution in [3.63, 3.8) is 0 Å². The Morgan fingerprint density at radius 2 is 1.85 bits per heavy atom. The van der Waals surface area contributed by atoms with Gasteiger partial charge in [-0.3, -0.25) is 9.59 Å². The molecule has 3 aromatic rings. The van der Waals surface area contributed by atoms with Crippen LogP contribution in [0.3, 0.4) is 0 Å². The quantitative estimate of drug-likeness (QED) is 0.612. The minimum atomic E-state index is -0.673. The number of hydrogen-bond acceptors (Lipinski definition) is 2. The van der Waals surface area contributed by atoms with Crippen LogP contribution < -0.4 is 10.6 Å². The molecule has 4 rings (SSSR count). The summed E-state index contributed by atoms with van der Waals surface area (Å²) in [6.07, 6.45) is 4.27. The maximum absolute atomic E-state index is 12.7. The molecule has 1 saturated carbocycles. The van der Waals surface area contributed by atoms with E-state index in [0.717, 1.165) is 29.3 Å². The highest BCUT2D eigenvalue weighted by molar-refractivity contribution is 6.33. The summed E-state index contributed by atoms with van der Waals surface area (Å²) in [5.41, 5.74) is 2.36. The van der Waals surface area contributed by atoms with Crippen LogP contribution in [-0.4, -0.2) is 28.9 Å². The molecule has 1 heterocycles. The Kier molecular flexibility index (Phi) is 4.86. The Balaban J connectivity index is 1.57. The van der Waals surface area contributed by atoms with Crippen LogP contribution in [0.25, 0.3) is 10.9 Å². The first kappa shape index (κ1) is 17.6. The molecule has 0 aliphatic heterocycles. The van der Waals surface area contributed by atoms with Gasteiger partial charge in [-0.25, -0.2) is 0 Å². The van der Waals surface area contributed by atoms with Crippen molar-refractivity contribution in [1.82, 2.24) is 15.6 Å². The molecule has 138 valence electrons. The minimum absolute atomic E-state index is 0.164. The molecular formula is C21H20ClN3O2. The summed E-state index contributed by atoms with van der Waals surface area (Å²) in [6.45, 7) is 0. The molecular weight excluding hydrogens is 362 g/mol. The molecule has 2 aromatic carbocycles. The molecule has 0 radical (unpaired) electrons.